The molecule has 0 amide bonds. The molecule has 0 aliphatic rings. The zero-order chi connectivity index (χ0) is 18.1. The van der Waals surface area contributed by atoms with Gasteiger partial charge in [-0.2, -0.15) is 0 Å². The number of carboxylic acid groups (broad SMARTS) is 1. The number of aromatic carboxylic acids is 1. The lowest BCUT2D eigenvalue weighted by molar-refractivity contribution is 0.0702. The minimum atomic E-state index is -0.911. The average Bonchev–Trinajstić information content (AvgIpc) is 3.28. The highest BCUT2D eigenvalue weighted by Gasteiger charge is 2.14. The molecule has 0 unspecified atom stereocenters. The third-order valence-corrected chi connectivity index (χ3v) is 5.04. The minimum absolute atomic E-state index is 0.327. The molecule has 2 aromatic heterocycles. The number of para-hydroxylation sites is 1. The van der Waals surface area contributed by atoms with Gasteiger partial charge in [0.2, 0.25) is 5.89 Å². The molecule has 0 aliphatic heterocycles. The van der Waals surface area contributed by atoms with Crippen molar-refractivity contribution < 1.29 is 19.1 Å². The Hall–Kier alpha value is -3.19. The highest BCUT2D eigenvalue weighted by molar-refractivity contribution is 7.20. The molecule has 7 heteroatoms. The van der Waals surface area contributed by atoms with Gasteiger partial charge in [-0.3, -0.25) is 0 Å². The summed E-state index contributed by atoms with van der Waals surface area (Å²) in [6, 6.07) is 14.9. The Labute approximate surface area is 152 Å². The number of ether oxygens (including phenoxy) is 1. The van der Waals surface area contributed by atoms with Gasteiger partial charge in [0.25, 0.3) is 5.89 Å². The van der Waals surface area contributed by atoms with Crippen LogP contribution in [0.3, 0.4) is 0 Å². The lowest BCUT2D eigenvalue weighted by Gasteiger charge is -2.03. The molecular weight excluding hydrogens is 352 g/mol. The van der Waals surface area contributed by atoms with Crippen LogP contribution in [0, 0.1) is 0 Å². The molecule has 2 heterocycles. The highest BCUT2D eigenvalue weighted by atomic mass is 32.1. The molecule has 130 valence electrons. The van der Waals surface area contributed by atoms with Crippen LogP contribution in [0.15, 0.2) is 52.9 Å². The third kappa shape index (κ3) is 3.04. The molecule has 0 aliphatic carbocycles. The number of carbonyl (C=O) groups is 1. The Morgan fingerprint density at radius 1 is 1.19 bits per heavy atom. The molecule has 0 spiro atoms. The molecule has 0 atom stereocenters. The second-order valence-corrected chi connectivity index (χ2v) is 6.75. The molecule has 0 bridgehead atoms. The van der Waals surface area contributed by atoms with Gasteiger partial charge in [-0.1, -0.05) is 24.3 Å². The number of thiophene rings is 1. The van der Waals surface area contributed by atoms with Gasteiger partial charge in [0.15, 0.2) is 0 Å². The van der Waals surface area contributed by atoms with E-state index in [4.69, 9.17) is 14.3 Å². The van der Waals surface area contributed by atoms with Crippen molar-refractivity contribution in [2.24, 2.45) is 0 Å². The summed E-state index contributed by atoms with van der Waals surface area (Å²) < 4.78 is 12.0. The van der Waals surface area contributed by atoms with Gasteiger partial charge >= 0.3 is 5.97 Å². The Balaban J connectivity index is 1.61. The molecule has 0 fully saturated rings. The summed E-state index contributed by atoms with van der Waals surface area (Å²) in [5.41, 5.74) is 1.72. The van der Waals surface area contributed by atoms with E-state index in [1.807, 2.05) is 42.5 Å². The molecule has 0 saturated carbocycles. The predicted octanol–water partition coefficient (Wildman–Crippen LogP) is 4.25. The van der Waals surface area contributed by atoms with Crippen molar-refractivity contribution in [2.45, 2.75) is 6.42 Å². The number of benzene rings is 2. The molecule has 1 N–H and O–H groups in total. The number of methoxy groups -OCH3 is 1. The van der Waals surface area contributed by atoms with Crippen LogP contribution in [0.2, 0.25) is 0 Å². The van der Waals surface area contributed by atoms with Crippen LogP contribution < -0.4 is 4.74 Å². The zero-order valence-electron chi connectivity index (χ0n) is 13.8. The van der Waals surface area contributed by atoms with Gasteiger partial charge in [0.05, 0.1) is 19.1 Å². The molecule has 6 nitrogen and oxygen atoms in total. The van der Waals surface area contributed by atoms with Gasteiger partial charge in [0.1, 0.15) is 10.6 Å². The van der Waals surface area contributed by atoms with E-state index in [0.29, 0.717) is 28.8 Å². The van der Waals surface area contributed by atoms with Crippen LogP contribution in [0.5, 0.6) is 5.75 Å². The van der Waals surface area contributed by atoms with Crippen molar-refractivity contribution in [1.29, 1.82) is 0 Å². The van der Waals surface area contributed by atoms with Gasteiger partial charge in [-0.15, -0.1) is 21.5 Å². The van der Waals surface area contributed by atoms with E-state index < -0.39 is 5.97 Å². The summed E-state index contributed by atoms with van der Waals surface area (Å²) in [6.45, 7) is 0. The maximum Gasteiger partial charge on any atom is 0.345 e. The maximum atomic E-state index is 11.1. The lowest BCUT2D eigenvalue weighted by atomic mass is 10.1. The number of rotatable bonds is 5. The molecule has 0 radical (unpaired) electrons. The Morgan fingerprint density at radius 3 is 2.85 bits per heavy atom. The number of aromatic nitrogens is 2. The first-order chi connectivity index (χ1) is 12.6. The van der Waals surface area contributed by atoms with E-state index in [0.717, 1.165) is 21.2 Å². The van der Waals surface area contributed by atoms with E-state index in [1.54, 1.807) is 13.2 Å². The predicted molar refractivity (Wildman–Crippen MR) is 97.9 cm³/mol. The standard InChI is InChI=1S/C19H14N2O4S/c1-24-14-5-3-2-4-13(14)18-21-20-17(25-18)9-11-6-7-12-10-16(19(22)23)26-15(12)8-11/h2-8,10H,9H2,1H3,(H,22,23). The first-order valence-electron chi connectivity index (χ1n) is 7.85. The SMILES string of the molecule is COc1ccccc1-c1nnc(Cc2ccc3cc(C(=O)O)sc3c2)o1. The largest absolute Gasteiger partial charge is 0.496 e. The van der Waals surface area contributed by atoms with Crippen LogP contribution in [0.25, 0.3) is 21.5 Å². The molecule has 4 rings (SSSR count). The second kappa shape index (κ2) is 6.61. The number of carboxylic acids is 1. The van der Waals surface area contributed by atoms with Gasteiger partial charge in [-0.25, -0.2) is 4.79 Å². The maximum absolute atomic E-state index is 11.1. The van der Waals surface area contributed by atoms with Crippen molar-refractivity contribution in [3.05, 3.63) is 64.9 Å². The second-order valence-electron chi connectivity index (χ2n) is 5.67. The third-order valence-electron chi connectivity index (χ3n) is 3.95. The Bertz CT molecular complexity index is 1100. The van der Waals surface area contributed by atoms with Crippen LogP contribution in [-0.4, -0.2) is 28.4 Å². The van der Waals surface area contributed by atoms with Crippen LogP contribution >= 0.6 is 11.3 Å². The number of nitrogens with zero attached hydrogens (tertiary/aromatic N) is 2. The first kappa shape index (κ1) is 16.3. The van der Waals surface area contributed by atoms with Crippen molar-refractivity contribution in [3.63, 3.8) is 0 Å². The monoisotopic (exact) mass is 366 g/mol. The average molecular weight is 366 g/mol. The number of hydrogen-bond acceptors (Lipinski definition) is 6. The summed E-state index contributed by atoms with van der Waals surface area (Å²) in [5.74, 6) is 0.651. The summed E-state index contributed by atoms with van der Waals surface area (Å²) in [5, 5.41) is 18.2. The fourth-order valence-corrected chi connectivity index (χ4v) is 3.69. The zero-order valence-corrected chi connectivity index (χ0v) is 14.6. The first-order valence-corrected chi connectivity index (χ1v) is 8.67. The molecule has 0 saturated heterocycles. The number of hydrogen-bond donors (Lipinski definition) is 1. The summed E-state index contributed by atoms with van der Waals surface area (Å²) in [6.07, 6.45) is 0.471. The molecule has 4 aromatic rings. The Kier molecular flexibility index (Phi) is 4.14. The van der Waals surface area contributed by atoms with Gasteiger partial charge < -0.3 is 14.3 Å². The topological polar surface area (TPSA) is 85.5 Å². The van der Waals surface area contributed by atoms with E-state index in [-0.39, 0.29) is 0 Å². The van der Waals surface area contributed by atoms with E-state index in [9.17, 15) is 4.79 Å². The van der Waals surface area contributed by atoms with E-state index >= 15 is 0 Å². The lowest BCUT2D eigenvalue weighted by Crippen LogP contribution is -1.89. The van der Waals surface area contributed by atoms with Crippen molar-refractivity contribution in [1.82, 2.24) is 10.2 Å². The normalized spacial score (nSPS) is 11.0. The van der Waals surface area contributed by atoms with Crippen molar-refractivity contribution >= 4 is 27.4 Å². The quantitative estimate of drug-likeness (QED) is 0.568. The van der Waals surface area contributed by atoms with Gasteiger partial charge in [0, 0.05) is 4.70 Å². The van der Waals surface area contributed by atoms with Crippen molar-refractivity contribution in [3.8, 4) is 17.2 Å². The number of fused-ring (bicyclic) bond motifs is 1. The van der Waals surface area contributed by atoms with E-state index in [1.165, 1.54) is 11.3 Å². The van der Waals surface area contributed by atoms with E-state index in [2.05, 4.69) is 10.2 Å². The fraction of sp³-hybridized carbons (Fsp3) is 0.105. The minimum Gasteiger partial charge on any atom is -0.496 e. The molecular formula is C19H14N2O4S. The van der Waals surface area contributed by atoms with Crippen molar-refractivity contribution in [2.75, 3.05) is 7.11 Å². The highest BCUT2D eigenvalue weighted by Crippen LogP contribution is 2.30. The molecule has 26 heavy (non-hydrogen) atoms. The summed E-state index contributed by atoms with van der Waals surface area (Å²) >= 11 is 1.25. The smallest absolute Gasteiger partial charge is 0.345 e. The summed E-state index contributed by atoms with van der Waals surface area (Å²) in [7, 11) is 1.59. The van der Waals surface area contributed by atoms with Crippen LogP contribution in [0.4, 0.5) is 0 Å². The van der Waals surface area contributed by atoms with Crippen LogP contribution in [0.1, 0.15) is 21.1 Å². The Morgan fingerprint density at radius 2 is 2.04 bits per heavy atom. The van der Waals surface area contributed by atoms with Gasteiger partial charge in [-0.05, 0) is 35.2 Å². The molecule has 2 aromatic carbocycles. The fourth-order valence-electron chi connectivity index (χ4n) is 2.72. The van der Waals surface area contributed by atoms with Crippen LogP contribution in [-0.2, 0) is 6.42 Å². The summed E-state index contributed by atoms with van der Waals surface area (Å²) in [4.78, 5) is 11.4.